The van der Waals surface area contributed by atoms with Crippen LogP contribution >= 0.6 is 0 Å². The fourth-order valence-electron chi connectivity index (χ4n) is 3.54. The molecule has 0 radical (unpaired) electrons. The van der Waals surface area contributed by atoms with Crippen molar-refractivity contribution >= 4 is 11.7 Å². The molecule has 1 saturated heterocycles. The molecular formula is C19H20N6O. The predicted molar refractivity (Wildman–Crippen MR) is 98.1 cm³/mol. The second-order valence-corrected chi connectivity index (χ2v) is 6.44. The Morgan fingerprint density at radius 3 is 2.69 bits per heavy atom. The normalized spacial score (nSPS) is 16.8. The number of hydrogen-bond donors (Lipinski definition) is 1. The summed E-state index contributed by atoms with van der Waals surface area (Å²) in [6, 6.07) is 13.3. The smallest absolute Gasteiger partial charge is 0.258 e. The minimum Gasteiger partial charge on any atom is -0.382 e. The molecule has 1 amide bonds. The fourth-order valence-corrected chi connectivity index (χ4v) is 3.54. The van der Waals surface area contributed by atoms with Gasteiger partial charge in [0.05, 0.1) is 29.2 Å². The van der Waals surface area contributed by atoms with Crippen LogP contribution in [0.15, 0.2) is 48.7 Å². The van der Waals surface area contributed by atoms with E-state index in [1.165, 1.54) is 0 Å². The Morgan fingerprint density at radius 2 is 1.96 bits per heavy atom. The van der Waals surface area contributed by atoms with Crippen molar-refractivity contribution in [1.29, 1.82) is 0 Å². The molecule has 7 nitrogen and oxygen atoms in total. The number of carbonyl (C=O) groups excluding carboxylic acids is 1. The number of aryl methyl sites for hydroxylation is 1. The van der Waals surface area contributed by atoms with Crippen molar-refractivity contribution in [2.45, 2.75) is 18.9 Å². The molecule has 1 aliphatic heterocycles. The van der Waals surface area contributed by atoms with Crippen molar-refractivity contribution in [3.8, 4) is 11.3 Å². The molecule has 132 valence electrons. The van der Waals surface area contributed by atoms with Gasteiger partial charge >= 0.3 is 0 Å². The van der Waals surface area contributed by atoms with Crippen LogP contribution in [0.2, 0.25) is 0 Å². The third-order valence-corrected chi connectivity index (χ3v) is 4.78. The number of nitrogens with zero attached hydrogens (tertiary/aromatic N) is 5. The number of nitrogen functional groups attached to an aromatic ring is 1. The number of rotatable bonds is 3. The average Bonchev–Trinajstić information content (AvgIpc) is 3.29. The quantitative estimate of drug-likeness (QED) is 0.785. The van der Waals surface area contributed by atoms with E-state index in [9.17, 15) is 4.79 Å². The van der Waals surface area contributed by atoms with Crippen molar-refractivity contribution in [1.82, 2.24) is 24.9 Å². The van der Waals surface area contributed by atoms with Crippen LogP contribution in [0.25, 0.3) is 11.3 Å². The maximum Gasteiger partial charge on any atom is 0.258 e. The third kappa shape index (κ3) is 2.81. The van der Waals surface area contributed by atoms with Gasteiger partial charge in [-0.05, 0) is 25.0 Å². The van der Waals surface area contributed by atoms with Crippen LogP contribution in [0.3, 0.4) is 0 Å². The zero-order chi connectivity index (χ0) is 18.1. The molecular weight excluding hydrogens is 328 g/mol. The maximum absolute atomic E-state index is 13.3. The Hall–Kier alpha value is -3.22. The highest BCUT2D eigenvalue weighted by Gasteiger charge is 2.33. The highest BCUT2D eigenvalue weighted by molar-refractivity contribution is 6.00. The molecule has 1 aromatic carbocycles. The second kappa shape index (κ2) is 6.59. The first-order chi connectivity index (χ1) is 12.6. The van der Waals surface area contributed by atoms with Crippen LogP contribution in [-0.4, -0.2) is 37.3 Å². The van der Waals surface area contributed by atoms with E-state index in [1.807, 2.05) is 48.3 Å². The highest BCUT2D eigenvalue weighted by atomic mass is 16.2. The van der Waals surface area contributed by atoms with E-state index >= 15 is 0 Å². The van der Waals surface area contributed by atoms with Crippen molar-refractivity contribution in [3.63, 3.8) is 0 Å². The molecule has 1 aliphatic rings. The van der Waals surface area contributed by atoms with Gasteiger partial charge in [-0.15, -0.1) is 5.10 Å². The first kappa shape index (κ1) is 16.3. The Morgan fingerprint density at radius 1 is 1.15 bits per heavy atom. The van der Waals surface area contributed by atoms with Crippen LogP contribution in [0.1, 0.15) is 34.9 Å². The van der Waals surface area contributed by atoms with E-state index in [1.54, 1.807) is 16.9 Å². The lowest BCUT2D eigenvalue weighted by atomic mass is 10.1. The lowest BCUT2D eigenvalue weighted by Gasteiger charge is -2.24. The van der Waals surface area contributed by atoms with E-state index in [2.05, 4.69) is 15.3 Å². The lowest BCUT2D eigenvalue weighted by Crippen LogP contribution is -2.31. The van der Waals surface area contributed by atoms with Gasteiger partial charge in [-0.1, -0.05) is 30.3 Å². The molecule has 1 unspecified atom stereocenters. The summed E-state index contributed by atoms with van der Waals surface area (Å²) in [5, 5.41) is 12.4. The summed E-state index contributed by atoms with van der Waals surface area (Å²) in [6.45, 7) is 0.693. The third-order valence-electron chi connectivity index (χ3n) is 4.78. The van der Waals surface area contributed by atoms with Crippen molar-refractivity contribution in [2.24, 2.45) is 7.05 Å². The molecule has 0 saturated carbocycles. The van der Waals surface area contributed by atoms with Gasteiger partial charge in [-0.25, -0.2) is 0 Å². The first-order valence-electron chi connectivity index (χ1n) is 8.62. The topological polar surface area (TPSA) is 89.9 Å². The highest BCUT2D eigenvalue weighted by Crippen LogP contribution is 2.34. The van der Waals surface area contributed by atoms with Crippen LogP contribution in [0, 0.1) is 0 Å². The molecule has 3 heterocycles. The minimum absolute atomic E-state index is 0.0296. The van der Waals surface area contributed by atoms with E-state index in [-0.39, 0.29) is 11.9 Å². The molecule has 1 atom stereocenters. The van der Waals surface area contributed by atoms with E-state index in [4.69, 9.17) is 5.73 Å². The largest absolute Gasteiger partial charge is 0.382 e. The van der Waals surface area contributed by atoms with Crippen molar-refractivity contribution in [3.05, 3.63) is 59.9 Å². The summed E-state index contributed by atoms with van der Waals surface area (Å²) in [6.07, 6.45) is 3.45. The molecule has 0 aliphatic carbocycles. The summed E-state index contributed by atoms with van der Waals surface area (Å²) in [5.74, 6) is 0.348. The summed E-state index contributed by atoms with van der Waals surface area (Å²) in [5.41, 5.74) is 8.81. The Kier molecular flexibility index (Phi) is 4.12. The van der Waals surface area contributed by atoms with Gasteiger partial charge in [0.25, 0.3) is 5.91 Å². The number of hydrogen-bond acceptors (Lipinski definition) is 5. The van der Waals surface area contributed by atoms with Crippen molar-refractivity contribution in [2.75, 3.05) is 12.3 Å². The Labute approximate surface area is 151 Å². The van der Waals surface area contributed by atoms with E-state index in [0.717, 1.165) is 29.8 Å². The number of nitrogens with two attached hydrogens (primary N) is 1. The zero-order valence-corrected chi connectivity index (χ0v) is 14.5. The van der Waals surface area contributed by atoms with Gasteiger partial charge in [0.2, 0.25) is 0 Å². The second-order valence-electron chi connectivity index (χ2n) is 6.44. The Bertz CT molecular complexity index is 919. The van der Waals surface area contributed by atoms with Crippen LogP contribution < -0.4 is 5.73 Å². The first-order valence-corrected chi connectivity index (χ1v) is 8.62. The number of likely N-dealkylation sites (tertiary alicyclic amines) is 1. The molecule has 3 aromatic rings. The molecule has 2 aromatic heterocycles. The monoisotopic (exact) mass is 348 g/mol. The van der Waals surface area contributed by atoms with Gasteiger partial charge in [0.1, 0.15) is 5.82 Å². The number of amides is 1. The number of carbonyl (C=O) groups is 1. The van der Waals surface area contributed by atoms with Gasteiger partial charge in [0.15, 0.2) is 0 Å². The lowest BCUT2D eigenvalue weighted by molar-refractivity contribution is 0.0733. The van der Waals surface area contributed by atoms with Gasteiger partial charge in [0, 0.05) is 19.2 Å². The summed E-state index contributed by atoms with van der Waals surface area (Å²) in [4.78, 5) is 15.2. The molecule has 26 heavy (non-hydrogen) atoms. The Balaban J connectivity index is 1.69. The summed E-state index contributed by atoms with van der Waals surface area (Å²) >= 11 is 0. The molecule has 0 spiro atoms. The number of benzene rings is 1. The van der Waals surface area contributed by atoms with Crippen LogP contribution in [-0.2, 0) is 7.05 Å². The summed E-state index contributed by atoms with van der Waals surface area (Å²) < 4.78 is 1.75. The molecule has 1 fully saturated rings. The van der Waals surface area contributed by atoms with Gasteiger partial charge in [-0.2, -0.15) is 10.2 Å². The SMILES string of the molecule is Cn1ncc(C(=O)N2CCCC2c2ccc(N)nn2)c1-c1ccccc1. The maximum atomic E-state index is 13.3. The van der Waals surface area contributed by atoms with Crippen LogP contribution in [0.4, 0.5) is 5.82 Å². The zero-order valence-electron chi connectivity index (χ0n) is 14.5. The van der Waals surface area contributed by atoms with E-state index in [0.29, 0.717) is 17.9 Å². The van der Waals surface area contributed by atoms with Gasteiger partial charge in [-0.3, -0.25) is 9.48 Å². The fraction of sp³-hybridized carbons (Fsp3) is 0.263. The minimum atomic E-state index is -0.0839. The molecule has 0 bridgehead atoms. The molecule has 7 heteroatoms. The van der Waals surface area contributed by atoms with Crippen LogP contribution in [0.5, 0.6) is 0 Å². The molecule has 4 rings (SSSR count). The van der Waals surface area contributed by atoms with Gasteiger partial charge < -0.3 is 10.6 Å². The number of aromatic nitrogens is 4. The van der Waals surface area contributed by atoms with Crippen molar-refractivity contribution < 1.29 is 4.79 Å². The molecule has 2 N–H and O–H groups in total. The predicted octanol–water partition coefficient (Wildman–Crippen LogP) is 2.44. The summed E-state index contributed by atoms with van der Waals surface area (Å²) in [7, 11) is 1.85. The number of anilines is 1. The standard InChI is InChI=1S/C19H20N6O/c1-24-18(13-6-3-2-4-7-13)14(12-21-24)19(26)25-11-5-8-16(25)15-9-10-17(20)23-22-15/h2-4,6-7,9-10,12,16H,5,8,11H2,1H3,(H2,20,23). The average molecular weight is 348 g/mol. The van der Waals surface area contributed by atoms with E-state index < -0.39 is 0 Å².